The van der Waals surface area contributed by atoms with Gasteiger partial charge in [-0.3, -0.25) is 5.32 Å². The molecule has 0 radical (unpaired) electrons. The molecule has 0 aliphatic carbocycles. The van der Waals surface area contributed by atoms with E-state index in [-0.39, 0.29) is 0 Å². The first kappa shape index (κ1) is 6.73. The highest BCUT2D eigenvalue weighted by atomic mass is 16.7. The molecule has 0 saturated heterocycles. The standard InChI is InChI=1S/C5H9N3O2/c1-6-4-3-10-8(9)5(4)7-2/h3,6-7H,1-2H3. The predicted molar refractivity (Wildman–Crippen MR) is 36.8 cm³/mol. The van der Waals surface area contributed by atoms with E-state index in [9.17, 15) is 5.21 Å². The maximum Gasteiger partial charge on any atom is 0.339 e. The average molecular weight is 143 g/mol. The molecule has 0 saturated carbocycles. The number of anilines is 2. The summed E-state index contributed by atoms with van der Waals surface area (Å²) in [6.07, 6.45) is 1.35. The van der Waals surface area contributed by atoms with Crippen LogP contribution in [0, 0.1) is 5.21 Å². The van der Waals surface area contributed by atoms with E-state index in [4.69, 9.17) is 0 Å². The normalized spacial score (nSPS) is 9.40. The Hall–Kier alpha value is -1.39. The van der Waals surface area contributed by atoms with Gasteiger partial charge in [-0.25, -0.2) is 0 Å². The number of nitrogens with zero attached hydrogens (tertiary/aromatic N) is 1. The Labute approximate surface area is 58.2 Å². The first-order valence-electron chi connectivity index (χ1n) is 2.86. The summed E-state index contributed by atoms with van der Waals surface area (Å²) in [6, 6.07) is 0. The lowest BCUT2D eigenvalue weighted by molar-refractivity contribution is -0.780. The Morgan fingerprint density at radius 2 is 2.20 bits per heavy atom. The molecule has 0 bridgehead atoms. The van der Waals surface area contributed by atoms with Crippen molar-refractivity contribution in [1.82, 2.24) is 0 Å². The molecule has 1 heterocycles. The molecule has 56 valence electrons. The molecule has 0 aliphatic rings. The predicted octanol–water partition coefficient (Wildman–Crippen LogP) is -0.00360. The van der Waals surface area contributed by atoms with Crippen LogP contribution in [0.4, 0.5) is 11.5 Å². The number of aromatic nitrogens is 1. The minimum atomic E-state index is 0.391. The van der Waals surface area contributed by atoms with E-state index in [0.717, 1.165) is 0 Å². The quantitative estimate of drug-likeness (QED) is 0.572. The minimum absolute atomic E-state index is 0.391. The molecule has 0 unspecified atom stereocenters. The number of nitrogens with one attached hydrogen (secondary N) is 2. The highest BCUT2D eigenvalue weighted by Crippen LogP contribution is 2.14. The second-order valence-electron chi connectivity index (χ2n) is 1.74. The van der Waals surface area contributed by atoms with E-state index in [1.165, 1.54) is 6.26 Å². The fourth-order valence-corrected chi connectivity index (χ4v) is 0.711. The van der Waals surface area contributed by atoms with Crippen molar-refractivity contribution in [3.8, 4) is 0 Å². The maximum atomic E-state index is 10.7. The zero-order valence-electron chi connectivity index (χ0n) is 5.84. The van der Waals surface area contributed by atoms with Crippen LogP contribution in [0.25, 0.3) is 0 Å². The molecule has 5 heteroatoms. The Morgan fingerprint density at radius 1 is 1.50 bits per heavy atom. The largest absolute Gasteiger partial charge is 0.446 e. The van der Waals surface area contributed by atoms with E-state index >= 15 is 0 Å². The topological polar surface area (TPSA) is 64.1 Å². The molecule has 5 nitrogen and oxygen atoms in total. The van der Waals surface area contributed by atoms with Gasteiger partial charge in [0.15, 0.2) is 0 Å². The van der Waals surface area contributed by atoms with Crippen LogP contribution in [-0.4, -0.2) is 14.1 Å². The van der Waals surface area contributed by atoms with Crippen LogP contribution in [0.15, 0.2) is 10.8 Å². The third-order valence-corrected chi connectivity index (χ3v) is 1.21. The van der Waals surface area contributed by atoms with E-state index < -0.39 is 0 Å². The van der Waals surface area contributed by atoms with Gasteiger partial charge in [-0.1, -0.05) is 0 Å². The van der Waals surface area contributed by atoms with Gasteiger partial charge in [0.05, 0.1) is 7.05 Å². The molecule has 1 aromatic rings. The van der Waals surface area contributed by atoms with Crippen molar-refractivity contribution in [3.05, 3.63) is 11.5 Å². The summed E-state index contributed by atoms with van der Waals surface area (Å²) < 4.78 is 4.51. The van der Waals surface area contributed by atoms with Crippen molar-refractivity contribution < 1.29 is 9.43 Å². The lowest BCUT2D eigenvalue weighted by atomic mass is 10.5. The van der Waals surface area contributed by atoms with Crippen LogP contribution < -0.4 is 15.5 Å². The van der Waals surface area contributed by atoms with E-state index in [1.54, 1.807) is 14.1 Å². The third kappa shape index (κ3) is 0.854. The lowest BCUT2D eigenvalue weighted by Gasteiger charge is -1.94. The van der Waals surface area contributed by atoms with Gasteiger partial charge in [0.2, 0.25) is 0 Å². The SMILES string of the molecule is CNc1co[n+]([O-])c1NC. The van der Waals surface area contributed by atoms with Gasteiger partial charge in [-0.05, 0) is 4.90 Å². The van der Waals surface area contributed by atoms with Crippen molar-refractivity contribution in [2.24, 2.45) is 0 Å². The van der Waals surface area contributed by atoms with Gasteiger partial charge in [0.1, 0.15) is 5.69 Å². The molecule has 1 rings (SSSR count). The van der Waals surface area contributed by atoms with Gasteiger partial charge >= 0.3 is 5.82 Å². The van der Waals surface area contributed by atoms with Gasteiger partial charge < -0.3 is 15.0 Å². The molecular weight excluding hydrogens is 134 g/mol. The van der Waals surface area contributed by atoms with Crippen LogP contribution in [0.2, 0.25) is 0 Å². The van der Waals surface area contributed by atoms with Crippen LogP contribution in [-0.2, 0) is 0 Å². The molecular formula is C5H9N3O2. The lowest BCUT2D eigenvalue weighted by Crippen LogP contribution is -2.26. The first-order chi connectivity index (χ1) is 4.79. The monoisotopic (exact) mass is 143 g/mol. The average Bonchev–Trinajstić information content (AvgIpc) is 2.30. The van der Waals surface area contributed by atoms with Crippen LogP contribution in [0.3, 0.4) is 0 Å². The highest BCUT2D eigenvalue weighted by molar-refractivity contribution is 5.58. The molecule has 10 heavy (non-hydrogen) atoms. The molecule has 0 aromatic carbocycles. The van der Waals surface area contributed by atoms with Gasteiger partial charge in [0.25, 0.3) is 0 Å². The summed E-state index contributed by atoms with van der Waals surface area (Å²) >= 11 is 0. The van der Waals surface area contributed by atoms with Crippen LogP contribution >= 0.6 is 0 Å². The van der Waals surface area contributed by atoms with Gasteiger partial charge in [0, 0.05) is 13.3 Å². The van der Waals surface area contributed by atoms with Gasteiger partial charge in [-0.15, -0.1) is 0 Å². The maximum absolute atomic E-state index is 10.7. The van der Waals surface area contributed by atoms with E-state index in [1.807, 2.05) is 0 Å². The van der Waals surface area contributed by atoms with Crippen molar-refractivity contribution in [1.29, 1.82) is 0 Å². The molecule has 2 N–H and O–H groups in total. The Bertz CT molecular complexity index is 221. The highest BCUT2D eigenvalue weighted by Gasteiger charge is 2.09. The summed E-state index contributed by atoms with van der Waals surface area (Å²) in [5, 5.41) is 16.2. The zero-order valence-corrected chi connectivity index (χ0v) is 5.84. The Morgan fingerprint density at radius 3 is 2.60 bits per heavy atom. The smallest absolute Gasteiger partial charge is 0.339 e. The fraction of sp³-hybridized carbons (Fsp3) is 0.400. The number of hydrogen-bond donors (Lipinski definition) is 2. The van der Waals surface area contributed by atoms with Crippen molar-refractivity contribution in [2.45, 2.75) is 0 Å². The molecule has 0 atom stereocenters. The minimum Gasteiger partial charge on any atom is -0.446 e. The number of hydrogen-bond acceptors (Lipinski definition) is 4. The summed E-state index contributed by atoms with van der Waals surface area (Å²) in [6.45, 7) is 0. The van der Waals surface area contributed by atoms with Crippen molar-refractivity contribution in [3.63, 3.8) is 0 Å². The number of rotatable bonds is 2. The molecule has 0 spiro atoms. The van der Waals surface area contributed by atoms with Gasteiger partial charge in [-0.2, -0.15) is 0 Å². The third-order valence-electron chi connectivity index (χ3n) is 1.21. The summed E-state index contributed by atoms with van der Waals surface area (Å²) in [7, 11) is 3.37. The Kier molecular flexibility index (Phi) is 1.66. The first-order valence-corrected chi connectivity index (χ1v) is 2.86. The second-order valence-corrected chi connectivity index (χ2v) is 1.74. The Balaban J connectivity index is 3.01. The van der Waals surface area contributed by atoms with Crippen LogP contribution in [0.5, 0.6) is 0 Å². The molecule has 0 amide bonds. The fourth-order valence-electron chi connectivity index (χ4n) is 0.711. The molecule has 0 aliphatic heterocycles. The zero-order chi connectivity index (χ0) is 7.56. The molecule has 1 aromatic heterocycles. The van der Waals surface area contributed by atoms with E-state index in [2.05, 4.69) is 15.2 Å². The van der Waals surface area contributed by atoms with E-state index in [0.29, 0.717) is 16.4 Å². The summed E-state index contributed by atoms with van der Waals surface area (Å²) in [4.78, 5) is 0.409. The second kappa shape index (κ2) is 2.47. The molecule has 0 fully saturated rings. The van der Waals surface area contributed by atoms with Crippen molar-refractivity contribution >= 4 is 11.5 Å². The summed E-state index contributed by atoms with van der Waals surface area (Å²) in [5.41, 5.74) is 0.650. The van der Waals surface area contributed by atoms with Crippen LogP contribution in [0.1, 0.15) is 0 Å². The van der Waals surface area contributed by atoms with Crippen molar-refractivity contribution in [2.75, 3.05) is 24.7 Å². The summed E-state index contributed by atoms with van der Waals surface area (Å²) in [5.74, 6) is 0.391.